The highest BCUT2D eigenvalue weighted by Gasteiger charge is 2.19. The number of ether oxygens (including phenoxy) is 2. The standard InChI is InChI=1S/C13H15BrN2O2/c1-17-13-9(14)5-6-10-12(13)15-8-16(10)11-4-2-3-7-18-11/h5-6,8,11H,2-4,7H2,1H3. The summed E-state index contributed by atoms with van der Waals surface area (Å²) in [7, 11) is 1.66. The first-order valence-electron chi connectivity index (χ1n) is 6.12. The molecule has 1 atom stereocenters. The minimum Gasteiger partial charge on any atom is -0.493 e. The normalized spacial score (nSPS) is 20.2. The van der Waals surface area contributed by atoms with Crippen molar-refractivity contribution >= 4 is 27.0 Å². The molecular formula is C13H15BrN2O2. The second-order valence-corrected chi connectivity index (χ2v) is 5.28. The number of nitrogens with zero attached hydrogens (tertiary/aromatic N) is 2. The van der Waals surface area contributed by atoms with Gasteiger partial charge in [-0.1, -0.05) is 0 Å². The Morgan fingerprint density at radius 3 is 3.06 bits per heavy atom. The summed E-state index contributed by atoms with van der Waals surface area (Å²) in [6.45, 7) is 0.831. The van der Waals surface area contributed by atoms with E-state index in [0.29, 0.717) is 0 Å². The van der Waals surface area contributed by atoms with E-state index in [4.69, 9.17) is 9.47 Å². The Hall–Kier alpha value is -1.07. The third-order valence-electron chi connectivity index (χ3n) is 3.32. The van der Waals surface area contributed by atoms with Gasteiger partial charge in [0.2, 0.25) is 0 Å². The van der Waals surface area contributed by atoms with Crippen LogP contribution in [0.25, 0.3) is 11.0 Å². The van der Waals surface area contributed by atoms with Crippen LogP contribution in [0.1, 0.15) is 25.5 Å². The predicted octanol–water partition coefficient (Wildman–Crippen LogP) is 3.51. The highest BCUT2D eigenvalue weighted by atomic mass is 79.9. The Balaban J connectivity index is 2.08. The molecule has 0 N–H and O–H groups in total. The average molecular weight is 311 g/mol. The Bertz CT molecular complexity index is 561. The predicted molar refractivity (Wildman–Crippen MR) is 72.8 cm³/mol. The third kappa shape index (κ3) is 1.91. The van der Waals surface area contributed by atoms with Crippen molar-refractivity contribution in [3.63, 3.8) is 0 Å². The topological polar surface area (TPSA) is 36.3 Å². The van der Waals surface area contributed by atoms with E-state index < -0.39 is 0 Å². The zero-order valence-corrected chi connectivity index (χ0v) is 11.8. The summed E-state index contributed by atoms with van der Waals surface area (Å²) in [4.78, 5) is 4.45. The molecule has 0 amide bonds. The van der Waals surface area contributed by atoms with Crippen molar-refractivity contribution in [1.29, 1.82) is 0 Å². The number of benzene rings is 1. The van der Waals surface area contributed by atoms with E-state index in [1.165, 1.54) is 6.42 Å². The molecule has 0 aliphatic carbocycles. The number of aromatic nitrogens is 2. The zero-order valence-electron chi connectivity index (χ0n) is 10.2. The van der Waals surface area contributed by atoms with Gasteiger partial charge in [0, 0.05) is 6.61 Å². The summed E-state index contributed by atoms with van der Waals surface area (Å²) >= 11 is 3.48. The summed E-state index contributed by atoms with van der Waals surface area (Å²) < 4.78 is 14.2. The first kappa shape index (κ1) is 12.0. The molecule has 2 heterocycles. The highest BCUT2D eigenvalue weighted by Crippen LogP contribution is 2.35. The summed E-state index contributed by atoms with van der Waals surface area (Å²) in [5.74, 6) is 0.780. The fraction of sp³-hybridized carbons (Fsp3) is 0.462. The summed E-state index contributed by atoms with van der Waals surface area (Å²) in [5, 5.41) is 0. The van der Waals surface area contributed by atoms with Crippen LogP contribution in [0.4, 0.5) is 0 Å². The molecule has 0 bridgehead atoms. The summed E-state index contributed by atoms with van der Waals surface area (Å²) in [6, 6.07) is 4.04. The van der Waals surface area contributed by atoms with Crippen molar-refractivity contribution in [3.8, 4) is 5.75 Å². The molecule has 1 aromatic carbocycles. The van der Waals surface area contributed by atoms with Gasteiger partial charge in [-0.3, -0.25) is 0 Å². The molecule has 0 radical (unpaired) electrons. The van der Waals surface area contributed by atoms with Crippen molar-refractivity contribution in [3.05, 3.63) is 22.9 Å². The Labute approximate surface area is 114 Å². The first-order chi connectivity index (χ1) is 8.81. The molecule has 1 aliphatic heterocycles. The van der Waals surface area contributed by atoms with Crippen LogP contribution in [0.3, 0.4) is 0 Å². The number of hydrogen-bond acceptors (Lipinski definition) is 3. The third-order valence-corrected chi connectivity index (χ3v) is 3.95. The molecule has 3 rings (SSSR count). The molecule has 1 aliphatic rings. The molecule has 1 fully saturated rings. The lowest BCUT2D eigenvalue weighted by Gasteiger charge is -2.24. The molecule has 1 aromatic heterocycles. The summed E-state index contributed by atoms with van der Waals surface area (Å²) in [5.41, 5.74) is 1.93. The quantitative estimate of drug-likeness (QED) is 0.851. The second-order valence-electron chi connectivity index (χ2n) is 4.42. The van der Waals surface area contributed by atoms with Gasteiger partial charge in [0.05, 0.1) is 23.4 Å². The maximum absolute atomic E-state index is 5.80. The molecule has 0 spiro atoms. The maximum Gasteiger partial charge on any atom is 0.160 e. The lowest BCUT2D eigenvalue weighted by Crippen LogP contribution is -2.17. The zero-order chi connectivity index (χ0) is 12.5. The van der Waals surface area contributed by atoms with E-state index in [-0.39, 0.29) is 6.23 Å². The van der Waals surface area contributed by atoms with Crippen LogP contribution in [0, 0.1) is 0 Å². The highest BCUT2D eigenvalue weighted by molar-refractivity contribution is 9.10. The molecule has 0 saturated carbocycles. The molecule has 18 heavy (non-hydrogen) atoms. The van der Waals surface area contributed by atoms with Gasteiger partial charge in [-0.25, -0.2) is 4.98 Å². The van der Waals surface area contributed by atoms with Gasteiger partial charge in [-0.15, -0.1) is 0 Å². The number of halogens is 1. The van der Waals surface area contributed by atoms with Gasteiger partial charge < -0.3 is 14.0 Å². The van der Waals surface area contributed by atoms with Crippen LogP contribution in [0.5, 0.6) is 5.75 Å². The summed E-state index contributed by atoms with van der Waals surface area (Å²) in [6.07, 6.45) is 5.35. The Morgan fingerprint density at radius 1 is 1.44 bits per heavy atom. The molecule has 4 nitrogen and oxygen atoms in total. The van der Waals surface area contributed by atoms with Crippen molar-refractivity contribution < 1.29 is 9.47 Å². The number of methoxy groups -OCH3 is 1. The van der Waals surface area contributed by atoms with E-state index in [0.717, 1.165) is 40.7 Å². The minimum atomic E-state index is 0.106. The van der Waals surface area contributed by atoms with Crippen LogP contribution in [0.2, 0.25) is 0 Å². The van der Waals surface area contributed by atoms with Crippen molar-refractivity contribution in [2.24, 2.45) is 0 Å². The van der Waals surface area contributed by atoms with Crippen molar-refractivity contribution in [2.75, 3.05) is 13.7 Å². The molecule has 96 valence electrons. The second kappa shape index (κ2) is 4.90. The van der Waals surface area contributed by atoms with E-state index in [1.807, 2.05) is 18.5 Å². The molecule has 1 saturated heterocycles. The number of fused-ring (bicyclic) bond motifs is 1. The lowest BCUT2D eigenvalue weighted by atomic mass is 10.2. The van der Waals surface area contributed by atoms with Gasteiger partial charge in [0.25, 0.3) is 0 Å². The number of rotatable bonds is 2. The Kier molecular flexibility index (Phi) is 3.26. The Morgan fingerprint density at radius 2 is 2.33 bits per heavy atom. The molecule has 2 aromatic rings. The average Bonchev–Trinajstić information content (AvgIpc) is 2.83. The van der Waals surface area contributed by atoms with Crippen molar-refractivity contribution in [2.45, 2.75) is 25.5 Å². The largest absolute Gasteiger partial charge is 0.493 e. The van der Waals surface area contributed by atoms with Crippen LogP contribution in [0.15, 0.2) is 22.9 Å². The van der Waals surface area contributed by atoms with Crippen LogP contribution in [-0.4, -0.2) is 23.3 Å². The minimum absolute atomic E-state index is 0.106. The molecule has 1 unspecified atom stereocenters. The van der Waals surface area contributed by atoms with E-state index in [9.17, 15) is 0 Å². The fourth-order valence-corrected chi connectivity index (χ4v) is 2.90. The van der Waals surface area contributed by atoms with Crippen LogP contribution < -0.4 is 4.74 Å². The monoisotopic (exact) mass is 310 g/mol. The van der Waals surface area contributed by atoms with Gasteiger partial charge in [0.1, 0.15) is 11.7 Å². The number of hydrogen-bond donors (Lipinski definition) is 0. The van der Waals surface area contributed by atoms with Gasteiger partial charge in [-0.2, -0.15) is 0 Å². The fourth-order valence-electron chi connectivity index (χ4n) is 2.42. The SMILES string of the molecule is COc1c(Br)ccc2c1ncn2C1CCCCO1. The lowest BCUT2D eigenvalue weighted by molar-refractivity contribution is -0.0295. The van der Waals surface area contributed by atoms with Gasteiger partial charge in [0.15, 0.2) is 5.75 Å². The van der Waals surface area contributed by atoms with Gasteiger partial charge in [-0.05, 0) is 47.3 Å². The first-order valence-corrected chi connectivity index (χ1v) is 6.91. The molecular weight excluding hydrogens is 296 g/mol. The molecule has 5 heteroatoms. The van der Waals surface area contributed by atoms with Crippen LogP contribution in [-0.2, 0) is 4.74 Å². The van der Waals surface area contributed by atoms with E-state index in [1.54, 1.807) is 7.11 Å². The smallest absolute Gasteiger partial charge is 0.160 e. The van der Waals surface area contributed by atoms with E-state index >= 15 is 0 Å². The number of imidazole rings is 1. The van der Waals surface area contributed by atoms with E-state index in [2.05, 4.69) is 25.5 Å². The van der Waals surface area contributed by atoms with Gasteiger partial charge >= 0.3 is 0 Å². The van der Waals surface area contributed by atoms with Crippen LogP contribution >= 0.6 is 15.9 Å². The van der Waals surface area contributed by atoms with Crippen molar-refractivity contribution in [1.82, 2.24) is 9.55 Å². The maximum atomic E-state index is 5.80.